The van der Waals surface area contributed by atoms with Crippen LogP contribution in [0.25, 0.3) is 0 Å². The molecule has 2 amide bonds. The van der Waals surface area contributed by atoms with E-state index in [4.69, 9.17) is 9.84 Å². The Hall–Kier alpha value is -3.53. The van der Waals surface area contributed by atoms with Crippen LogP contribution in [0.2, 0.25) is 0 Å². The zero-order valence-electron chi connectivity index (χ0n) is 22.0. The predicted octanol–water partition coefficient (Wildman–Crippen LogP) is 4.20. The quantitative estimate of drug-likeness (QED) is 0.183. The number of nitrogens with zero attached hydrogens (tertiary/aromatic N) is 1. The third-order valence-corrected chi connectivity index (χ3v) is 8.90. The Morgan fingerprint density at radius 2 is 1.88 bits per heavy atom. The Labute approximate surface area is 239 Å². The van der Waals surface area contributed by atoms with Gasteiger partial charge in [-0.1, -0.05) is 24.1 Å². The maximum Gasteiger partial charge on any atom is 0.303 e. The van der Waals surface area contributed by atoms with Crippen molar-refractivity contribution in [3.8, 4) is 11.5 Å². The van der Waals surface area contributed by atoms with Crippen molar-refractivity contribution >= 4 is 45.3 Å². The second-order valence-electron chi connectivity index (χ2n) is 10.6. The summed E-state index contributed by atoms with van der Waals surface area (Å²) >= 11 is 3.22. The molecule has 0 bridgehead atoms. The van der Waals surface area contributed by atoms with E-state index in [9.17, 15) is 29.1 Å². The number of fused-ring (bicyclic) bond motifs is 3. The van der Waals surface area contributed by atoms with Crippen LogP contribution in [0.3, 0.4) is 0 Å². The Kier molecular flexibility index (Phi) is 7.81. The predicted molar refractivity (Wildman–Crippen MR) is 147 cm³/mol. The summed E-state index contributed by atoms with van der Waals surface area (Å²) in [7, 11) is 0. The number of amides is 2. The molecule has 0 saturated carbocycles. The van der Waals surface area contributed by atoms with E-state index in [1.54, 1.807) is 19.1 Å². The van der Waals surface area contributed by atoms with Crippen molar-refractivity contribution in [1.29, 1.82) is 0 Å². The lowest BCUT2D eigenvalue weighted by atomic mass is 9.59. The number of allylic oxidation sites excluding steroid dienone is 6. The van der Waals surface area contributed by atoms with Crippen molar-refractivity contribution in [2.24, 2.45) is 17.8 Å². The highest BCUT2D eigenvalue weighted by atomic mass is 79.9. The van der Waals surface area contributed by atoms with Gasteiger partial charge in [-0.2, -0.15) is 0 Å². The number of aromatic hydroxyl groups is 1. The van der Waals surface area contributed by atoms with Gasteiger partial charge in [0.05, 0.1) is 22.9 Å². The summed E-state index contributed by atoms with van der Waals surface area (Å²) in [5, 5.41) is 19.2. The van der Waals surface area contributed by atoms with Gasteiger partial charge < -0.3 is 14.9 Å². The molecule has 3 aliphatic carbocycles. The summed E-state index contributed by atoms with van der Waals surface area (Å²) in [5.74, 6) is -4.07. The normalized spacial score (nSPS) is 25.8. The molecule has 0 aromatic heterocycles. The van der Waals surface area contributed by atoms with Gasteiger partial charge >= 0.3 is 5.97 Å². The van der Waals surface area contributed by atoms with E-state index >= 15 is 0 Å². The molecule has 0 spiro atoms. The van der Waals surface area contributed by atoms with Crippen molar-refractivity contribution in [3.63, 3.8) is 0 Å². The molecule has 10 heteroatoms. The van der Waals surface area contributed by atoms with Crippen LogP contribution in [0.5, 0.6) is 11.5 Å². The Balaban J connectivity index is 1.51. The number of carboxylic acids is 1. The summed E-state index contributed by atoms with van der Waals surface area (Å²) in [4.78, 5) is 65.8. The average molecular weight is 612 g/mol. The van der Waals surface area contributed by atoms with E-state index in [0.717, 1.165) is 5.57 Å². The molecule has 4 aliphatic rings. The SMILES string of the molecule is CCOc1cc(C2C3=CCC4C(=O)N(CCCCCC(=O)O)C(=O)C4C3CC3=C2C(=O)C=C(Br)C3=O)ccc1O. The van der Waals surface area contributed by atoms with Crippen LogP contribution in [0.1, 0.15) is 56.9 Å². The molecular weight excluding hydrogens is 582 g/mol. The number of benzene rings is 1. The average Bonchev–Trinajstić information content (AvgIpc) is 3.16. The number of unbranched alkanes of at least 4 members (excludes halogenated alkanes) is 2. The van der Waals surface area contributed by atoms with Gasteiger partial charge in [0.25, 0.3) is 0 Å². The molecule has 2 N–H and O–H groups in total. The highest BCUT2D eigenvalue weighted by molar-refractivity contribution is 9.12. The monoisotopic (exact) mass is 611 g/mol. The van der Waals surface area contributed by atoms with Crippen LogP contribution in [-0.4, -0.2) is 57.6 Å². The third kappa shape index (κ3) is 4.82. The van der Waals surface area contributed by atoms with Gasteiger partial charge in [0.1, 0.15) is 0 Å². The van der Waals surface area contributed by atoms with Crippen LogP contribution in [0, 0.1) is 17.8 Å². The number of aliphatic carboxylic acids is 1. The summed E-state index contributed by atoms with van der Waals surface area (Å²) < 4.78 is 5.75. The molecule has 1 saturated heterocycles. The first-order valence-corrected chi connectivity index (χ1v) is 14.3. The Morgan fingerprint density at radius 3 is 2.60 bits per heavy atom. The standard InChI is InChI=1S/C30H30BrNO8/c1-2-40-23-12-15(7-10-21(23)33)25-16-8-9-17-26(18(16)13-19-27(25)22(34)14-20(31)28(19)37)30(39)32(29(17)38)11-5-3-4-6-24(35)36/h7-8,10,12,14,17-18,25-26,33H,2-6,9,11,13H2,1H3,(H,35,36). The number of ether oxygens (including phenoxy) is 1. The number of imide groups is 1. The van der Waals surface area contributed by atoms with Crippen LogP contribution in [0.15, 0.2) is 51.6 Å². The third-order valence-electron chi connectivity index (χ3n) is 8.31. The Bertz CT molecular complexity index is 1410. The molecule has 1 aromatic rings. The molecule has 1 fully saturated rings. The van der Waals surface area contributed by atoms with Crippen molar-refractivity contribution in [2.45, 2.75) is 51.4 Å². The van der Waals surface area contributed by atoms with Crippen LogP contribution >= 0.6 is 15.9 Å². The highest BCUT2D eigenvalue weighted by Gasteiger charge is 2.56. The number of carboxylic acid groups (broad SMARTS) is 1. The van der Waals surface area contributed by atoms with Crippen molar-refractivity contribution < 1.29 is 38.9 Å². The fraction of sp³-hybridized carbons (Fsp3) is 0.433. The van der Waals surface area contributed by atoms with Gasteiger partial charge in [-0.25, -0.2) is 0 Å². The summed E-state index contributed by atoms with van der Waals surface area (Å²) in [5.41, 5.74) is 2.17. The van der Waals surface area contributed by atoms with Crippen molar-refractivity contribution in [2.75, 3.05) is 13.2 Å². The van der Waals surface area contributed by atoms with Crippen LogP contribution in [0.4, 0.5) is 0 Å². The van der Waals surface area contributed by atoms with E-state index in [0.29, 0.717) is 49.0 Å². The molecule has 4 unspecified atom stereocenters. The van der Waals surface area contributed by atoms with Crippen molar-refractivity contribution in [1.82, 2.24) is 4.90 Å². The topological polar surface area (TPSA) is 138 Å². The van der Waals surface area contributed by atoms with E-state index in [1.807, 2.05) is 6.08 Å². The lowest BCUT2D eigenvalue weighted by Gasteiger charge is -2.42. The molecule has 4 atom stereocenters. The number of hydrogen-bond acceptors (Lipinski definition) is 7. The minimum absolute atomic E-state index is 0.0420. The fourth-order valence-corrected chi connectivity index (χ4v) is 7.02. The van der Waals surface area contributed by atoms with Gasteiger partial charge in [-0.3, -0.25) is 28.9 Å². The first-order chi connectivity index (χ1) is 19.1. The molecule has 1 aliphatic heterocycles. The summed E-state index contributed by atoms with van der Waals surface area (Å²) in [6.07, 6.45) is 5.36. The molecule has 210 valence electrons. The van der Waals surface area contributed by atoms with Gasteiger partial charge in [0, 0.05) is 36.1 Å². The van der Waals surface area contributed by atoms with E-state index in [2.05, 4.69) is 15.9 Å². The summed E-state index contributed by atoms with van der Waals surface area (Å²) in [6.45, 7) is 2.34. The number of carbonyl (C=O) groups is 5. The number of rotatable bonds is 9. The molecule has 5 rings (SSSR count). The number of phenolic OH excluding ortho intramolecular Hbond substituents is 1. The molecule has 1 heterocycles. The lowest BCUT2D eigenvalue weighted by Crippen LogP contribution is -2.39. The number of ketones is 2. The van der Waals surface area contributed by atoms with Crippen LogP contribution < -0.4 is 4.74 Å². The maximum atomic E-state index is 13.7. The number of likely N-dealkylation sites (tertiary alicyclic amines) is 1. The second kappa shape index (κ2) is 11.2. The first kappa shape index (κ1) is 28.0. The lowest BCUT2D eigenvalue weighted by molar-refractivity contribution is -0.141. The number of carbonyl (C=O) groups excluding carboxylic acids is 4. The first-order valence-electron chi connectivity index (χ1n) is 13.6. The molecular formula is C30H30BrNO8. The number of phenols is 1. The van der Waals surface area contributed by atoms with Crippen molar-refractivity contribution in [3.05, 3.63) is 57.1 Å². The molecule has 40 heavy (non-hydrogen) atoms. The zero-order chi connectivity index (χ0) is 28.7. The second-order valence-corrected chi connectivity index (χ2v) is 11.4. The molecule has 0 radical (unpaired) electrons. The van der Waals surface area contributed by atoms with Gasteiger partial charge in [0.15, 0.2) is 23.1 Å². The van der Waals surface area contributed by atoms with E-state index in [1.165, 1.54) is 17.0 Å². The van der Waals surface area contributed by atoms with E-state index in [-0.39, 0.29) is 58.7 Å². The Morgan fingerprint density at radius 1 is 1.10 bits per heavy atom. The minimum atomic E-state index is -0.877. The molecule has 1 aromatic carbocycles. The highest BCUT2D eigenvalue weighted by Crippen LogP contribution is 2.55. The smallest absolute Gasteiger partial charge is 0.303 e. The van der Waals surface area contributed by atoms with Crippen LogP contribution in [-0.2, 0) is 24.0 Å². The fourth-order valence-electron chi connectivity index (χ4n) is 6.58. The van der Waals surface area contributed by atoms with E-state index < -0.39 is 29.6 Å². The molecule has 9 nitrogen and oxygen atoms in total. The van der Waals surface area contributed by atoms with Gasteiger partial charge in [-0.05, 0) is 72.2 Å². The maximum absolute atomic E-state index is 13.7. The number of halogens is 1. The van der Waals surface area contributed by atoms with Gasteiger partial charge in [-0.15, -0.1) is 0 Å². The van der Waals surface area contributed by atoms with Gasteiger partial charge in [0.2, 0.25) is 11.8 Å². The number of hydrogen-bond donors (Lipinski definition) is 2. The number of Topliss-reactive ketones (excluding diaryl/α,β-unsaturated/α-hetero) is 1. The minimum Gasteiger partial charge on any atom is -0.504 e. The summed E-state index contributed by atoms with van der Waals surface area (Å²) in [6, 6.07) is 4.85. The zero-order valence-corrected chi connectivity index (χ0v) is 23.6. The largest absolute Gasteiger partial charge is 0.504 e.